The molecule has 102 valence electrons. The molecule has 6 heteroatoms. The van der Waals surface area contributed by atoms with Gasteiger partial charge in [-0.3, -0.25) is 0 Å². The van der Waals surface area contributed by atoms with Crippen LogP contribution in [0.15, 0.2) is 11.2 Å². The maximum absolute atomic E-state index is 11.3. The van der Waals surface area contributed by atoms with Gasteiger partial charge in [0.1, 0.15) is 5.82 Å². The third-order valence-electron chi connectivity index (χ3n) is 3.53. The normalized spacial score (nSPS) is 17.4. The topological polar surface area (TPSA) is 78.0 Å². The minimum absolute atomic E-state index is 0.00365. The number of nitrogens with zero attached hydrogens (tertiary/aromatic N) is 2. The van der Waals surface area contributed by atoms with Crippen molar-refractivity contribution in [2.24, 2.45) is 11.1 Å². The highest BCUT2D eigenvalue weighted by Crippen LogP contribution is 2.27. The zero-order chi connectivity index (χ0) is 13.2. The SMILES string of the molecule is CCCc1nc(S(N)(=O)=O)cn1CC1CCCC1. The van der Waals surface area contributed by atoms with Crippen LogP contribution in [0.3, 0.4) is 0 Å². The molecule has 0 saturated heterocycles. The van der Waals surface area contributed by atoms with E-state index in [2.05, 4.69) is 11.9 Å². The van der Waals surface area contributed by atoms with E-state index in [-0.39, 0.29) is 5.03 Å². The third-order valence-corrected chi connectivity index (χ3v) is 4.31. The molecule has 1 aromatic heterocycles. The molecule has 0 spiro atoms. The van der Waals surface area contributed by atoms with Crippen molar-refractivity contribution in [2.75, 3.05) is 0 Å². The molecule has 1 fully saturated rings. The first-order valence-corrected chi connectivity index (χ1v) is 8.14. The fourth-order valence-electron chi connectivity index (χ4n) is 2.62. The molecule has 18 heavy (non-hydrogen) atoms. The van der Waals surface area contributed by atoms with Crippen LogP contribution in [0.4, 0.5) is 0 Å². The highest BCUT2D eigenvalue weighted by atomic mass is 32.2. The summed E-state index contributed by atoms with van der Waals surface area (Å²) in [6.45, 7) is 2.93. The molecule has 0 amide bonds. The number of sulfonamides is 1. The summed E-state index contributed by atoms with van der Waals surface area (Å²) in [6, 6.07) is 0. The largest absolute Gasteiger partial charge is 0.333 e. The van der Waals surface area contributed by atoms with Gasteiger partial charge in [0.2, 0.25) is 0 Å². The molecule has 5 nitrogen and oxygen atoms in total. The van der Waals surface area contributed by atoms with Gasteiger partial charge in [0.15, 0.2) is 5.03 Å². The summed E-state index contributed by atoms with van der Waals surface area (Å²) in [6.07, 6.45) is 8.37. The molecule has 0 atom stereocenters. The first-order valence-electron chi connectivity index (χ1n) is 6.59. The van der Waals surface area contributed by atoms with Gasteiger partial charge in [-0.15, -0.1) is 0 Å². The number of primary sulfonamides is 1. The number of hydrogen-bond acceptors (Lipinski definition) is 3. The molecular formula is C12H21N3O2S. The predicted octanol–water partition coefficient (Wildman–Crippen LogP) is 1.67. The Morgan fingerprint density at radius 3 is 2.67 bits per heavy atom. The quantitative estimate of drug-likeness (QED) is 0.885. The second-order valence-corrected chi connectivity index (χ2v) is 6.60. The van der Waals surface area contributed by atoms with Gasteiger partial charge in [0.05, 0.1) is 0 Å². The van der Waals surface area contributed by atoms with E-state index in [4.69, 9.17) is 5.14 Å². The number of rotatable bonds is 5. The number of hydrogen-bond donors (Lipinski definition) is 1. The highest BCUT2D eigenvalue weighted by Gasteiger charge is 2.20. The van der Waals surface area contributed by atoms with Gasteiger partial charge in [0, 0.05) is 19.2 Å². The second-order valence-electron chi connectivity index (χ2n) is 5.09. The molecule has 0 aliphatic heterocycles. The fourth-order valence-corrected chi connectivity index (χ4v) is 3.12. The van der Waals surface area contributed by atoms with E-state index in [1.165, 1.54) is 25.7 Å². The molecule has 1 aromatic rings. The van der Waals surface area contributed by atoms with Gasteiger partial charge in [-0.1, -0.05) is 19.8 Å². The fraction of sp³-hybridized carbons (Fsp3) is 0.750. The molecule has 0 bridgehead atoms. The van der Waals surface area contributed by atoms with E-state index >= 15 is 0 Å². The molecule has 1 aliphatic carbocycles. The van der Waals surface area contributed by atoms with Gasteiger partial charge < -0.3 is 4.57 Å². The van der Waals surface area contributed by atoms with Crippen LogP contribution in [-0.4, -0.2) is 18.0 Å². The van der Waals surface area contributed by atoms with E-state index in [1.807, 2.05) is 4.57 Å². The Hall–Kier alpha value is -0.880. The third kappa shape index (κ3) is 3.11. The molecule has 0 radical (unpaired) electrons. The first-order chi connectivity index (χ1) is 8.50. The van der Waals surface area contributed by atoms with Crippen LogP contribution in [0, 0.1) is 5.92 Å². The minimum Gasteiger partial charge on any atom is -0.333 e. The Morgan fingerprint density at radius 2 is 2.11 bits per heavy atom. The Kier molecular flexibility index (Phi) is 4.07. The van der Waals surface area contributed by atoms with Gasteiger partial charge in [-0.05, 0) is 25.2 Å². The smallest absolute Gasteiger partial charge is 0.257 e. The van der Waals surface area contributed by atoms with E-state index < -0.39 is 10.0 Å². The summed E-state index contributed by atoms with van der Waals surface area (Å²) in [5.41, 5.74) is 0. The van der Waals surface area contributed by atoms with Crippen molar-refractivity contribution in [2.45, 2.75) is 57.0 Å². The first kappa shape index (κ1) is 13.5. The summed E-state index contributed by atoms with van der Waals surface area (Å²) in [7, 11) is -3.69. The minimum atomic E-state index is -3.69. The molecule has 0 aromatic carbocycles. The van der Waals surface area contributed by atoms with Crippen molar-refractivity contribution in [3.05, 3.63) is 12.0 Å². The maximum atomic E-state index is 11.3. The average Bonchev–Trinajstić information content (AvgIpc) is 2.89. The van der Waals surface area contributed by atoms with Gasteiger partial charge in [-0.25, -0.2) is 18.5 Å². The van der Waals surface area contributed by atoms with Crippen LogP contribution in [0.5, 0.6) is 0 Å². The van der Waals surface area contributed by atoms with Crippen LogP contribution in [0.25, 0.3) is 0 Å². The summed E-state index contributed by atoms with van der Waals surface area (Å²) < 4.78 is 24.7. The van der Waals surface area contributed by atoms with E-state index in [1.54, 1.807) is 6.20 Å². The van der Waals surface area contributed by atoms with Crippen molar-refractivity contribution in [1.82, 2.24) is 9.55 Å². The van der Waals surface area contributed by atoms with Crippen molar-refractivity contribution in [3.8, 4) is 0 Å². The van der Waals surface area contributed by atoms with Gasteiger partial charge in [-0.2, -0.15) is 0 Å². The lowest BCUT2D eigenvalue weighted by Crippen LogP contribution is -2.12. The predicted molar refractivity (Wildman–Crippen MR) is 69.6 cm³/mol. The zero-order valence-corrected chi connectivity index (χ0v) is 11.6. The molecular weight excluding hydrogens is 250 g/mol. The van der Waals surface area contributed by atoms with Crippen LogP contribution < -0.4 is 5.14 Å². The van der Waals surface area contributed by atoms with Crippen molar-refractivity contribution in [1.29, 1.82) is 0 Å². The van der Waals surface area contributed by atoms with Crippen molar-refractivity contribution < 1.29 is 8.42 Å². The van der Waals surface area contributed by atoms with Crippen LogP contribution in [0.2, 0.25) is 0 Å². The van der Waals surface area contributed by atoms with Gasteiger partial charge >= 0.3 is 0 Å². The summed E-state index contributed by atoms with van der Waals surface area (Å²) >= 11 is 0. The van der Waals surface area contributed by atoms with Crippen LogP contribution >= 0.6 is 0 Å². The van der Waals surface area contributed by atoms with Gasteiger partial charge in [0.25, 0.3) is 10.0 Å². The summed E-state index contributed by atoms with van der Waals surface area (Å²) in [5.74, 6) is 1.50. The van der Waals surface area contributed by atoms with E-state index in [9.17, 15) is 8.42 Å². The lowest BCUT2D eigenvalue weighted by molar-refractivity contribution is 0.446. The molecule has 0 unspecified atom stereocenters. The Bertz CT molecular complexity index is 501. The van der Waals surface area contributed by atoms with Crippen molar-refractivity contribution >= 4 is 10.0 Å². The lowest BCUT2D eigenvalue weighted by Gasteiger charge is -2.12. The maximum Gasteiger partial charge on any atom is 0.257 e. The van der Waals surface area contributed by atoms with Crippen LogP contribution in [0.1, 0.15) is 44.9 Å². The number of imidazole rings is 1. The van der Waals surface area contributed by atoms with E-state index in [0.29, 0.717) is 5.92 Å². The number of aromatic nitrogens is 2. The Morgan fingerprint density at radius 1 is 1.44 bits per heavy atom. The number of nitrogens with two attached hydrogens (primary N) is 1. The molecule has 1 aliphatic rings. The zero-order valence-electron chi connectivity index (χ0n) is 10.8. The summed E-state index contributed by atoms with van der Waals surface area (Å²) in [5, 5.41) is 5.14. The summed E-state index contributed by atoms with van der Waals surface area (Å²) in [4.78, 5) is 4.16. The number of aryl methyl sites for hydroxylation is 1. The molecule has 1 heterocycles. The monoisotopic (exact) mass is 271 g/mol. The Balaban J connectivity index is 2.23. The average molecular weight is 271 g/mol. The second kappa shape index (κ2) is 5.40. The molecule has 2 rings (SSSR count). The van der Waals surface area contributed by atoms with Crippen LogP contribution in [-0.2, 0) is 23.0 Å². The standard InChI is InChI=1S/C12H21N3O2S/c1-2-5-11-14-12(18(13,16)17)9-15(11)8-10-6-3-4-7-10/h9-10H,2-8H2,1H3,(H2,13,16,17). The Labute approximate surface area is 108 Å². The van der Waals surface area contributed by atoms with E-state index in [0.717, 1.165) is 25.2 Å². The molecule has 1 saturated carbocycles. The highest BCUT2D eigenvalue weighted by molar-refractivity contribution is 7.89. The van der Waals surface area contributed by atoms with Crippen molar-refractivity contribution in [3.63, 3.8) is 0 Å². The lowest BCUT2D eigenvalue weighted by atomic mass is 10.1. The molecule has 2 N–H and O–H groups in total.